The maximum absolute atomic E-state index is 6.64. The van der Waals surface area contributed by atoms with Gasteiger partial charge in [0.1, 0.15) is 17.3 Å². The molecule has 1 aromatic carbocycles. The summed E-state index contributed by atoms with van der Waals surface area (Å²) in [4.78, 5) is 9.25. The molecule has 0 saturated heterocycles. The molecule has 0 saturated carbocycles. The van der Waals surface area contributed by atoms with Crippen LogP contribution in [0.3, 0.4) is 0 Å². The Bertz CT molecular complexity index is 965. The van der Waals surface area contributed by atoms with Crippen molar-refractivity contribution in [2.75, 3.05) is 64.2 Å². The minimum absolute atomic E-state index is 0.474. The van der Waals surface area contributed by atoms with Crippen LogP contribution in [0, 0.1) is 0 Å². The zero-order valence-electron chi connectivity index (χ0n) is 20.2. The molecule has 0 radical (unpaired) electrons. The Hall–Kier alpha value is -2.15. The maximum atomic E-state index is 6.64. The lowest BCUT2D eigenvalue weighted by Crippen LogP contribution is -2.24. The first-order valence-corrected chi connectivity index (χ1v) is 12.2. The summed E-state index contributed by atoms with van der Waals surface area (Å²) in [5.41, 5.74) is 3.83. The number of anilines is 2. The zero-order valence-corrected chi connectivity index (χ0v) is 21.7. The third-order valence-corrected chi connectivity index (χ3v) is 6.81. The van der Waals surface area contributed by atoms with E-state index in [1.54, 1.807) is 20.3 Å². The lowest BCUT2D eigenvalue weighted by atomic mass is 9.97. The van der Waals surface area contributed by atoms with E-state index in [9.17, 15) is 0 Å². The van der Waals surface area contributed by atoms with E-state index >= 15 is 0 Å². The SMILES string of the molecule is CCN(CC)CCCCNc1cc2c(cn1)C=C(c1c(Cl)c(OC)cc(OC)c1Cl)CN2C. The molecule has 0 aliphatic carbocycles. The van der Waals surface area contributed by atoms with Crippen molar-refractivity contribution in [2.24, 2.45) is 0 Å². The van der Waals surface area contributed by atoms with Gasteiger partial charge in [-0.15, -0.1) is 0 Å². The number of rotatable bonds is 11. The zero-order chi connectivity index (χ0) is 24.0. The number of fused-ring (bicyclic) bond motifs is 1. The third kappa shape index (κ3) is 5.86. The largest absolute Gasteiger partial charge is 0.495 e. The summed E-state index contributed by atoms with van der Waals surface area (Å²) in [6.45, 7) is 9.34. The molecular formula is C25H34Cl2N4O2. The summed E-state index contributed by atoms with van der Waals surface area (Å²) in [6, 6.07) is 3.80. The van der Waals surface area contributed by atoms with E-state index in [4.69, 9.17) is 32.7 Å². The van der Waals surface area contributed by atoms with Gasteiger partial charge in [0.2, 0.25) is 0 Å². The Balaban J connectivity index is 1.77. The number of nitrogens with zero attached hydrogens (tertiary/aromatic N) is 3. The molecule has 0 atom stereocenters. The van der Waals surface area contributed by atoms with Crippen LogP contribution in [-0.4, -0.2) is 63.9 Å². The number of pyridine rings is 1. The number of ether oxygens (including phenoxy) is 2. The van der Waals surface area contributed by atoms with E-state index in [1.165, 1.54) is 6.42 Å². The maximum Gasteiger partial charge on any atom is 0.141 e. The van der Waals surface area contributed by atoms with E-state index in [2.05, 4.69) is 53.1 Å². The van der Waals surface area contributed by atoms with Crippen molar-refractivity contribution in [3.05, 3.63) is 39.5 Å². The number of benzene rings is 1. The fourth-order valence-corrected chi connectivity index (χ4v) is 4.85. The molecule has 1 aliphatic rings. The first-order chi connectivity index (χ1) is 15.9. The molecule has 33 heavy (non-hydrogen) atoms. The van der Waals surface area contributed by atoms with Gasteiger partial charge < -0.3 is 24.6 Å². The molecule has 2 heterocycles. The van der Waals surface area contributed by atoms with E-state index < -0.39 is 0 Å². The van der Waals surface area contributed by atoms with Gasteiger partial charge in [0.25, 0.3) is 0 Å². The molecular weight excluding hydrogens is 459 g/mol. The summed E-state index contributed by atoms with van der Waals surface area (Å²) >= 11 is 13.3. The molecule has 0 fully saturated rings. The van der Waals surface area contributed by atoms with Gasteiger partial charge in [-0.05, 0) is 44.1 Å². The van der Waals surface area contributed by atoms with Crippen LogP contribution < -0.4 is 19.7 Å². The number of aromatic nitrogens is 1. The van der Waals surface area contributed by atoms with E-state index in [1.807, 2.05) is 6.20 Å². The number of hydrogen-bond donors (Lipinski definition) is 1. The molecule has 8 heteroatoms. The van der Waals surface area contributed by atoms with Crippen molar-refractivity contribution < 1.29 is 9.47 Å². The topological polar surface area (TPSA) is 49.9 Å². The smallest absolute Gasteiger partial charge is 0.141 e. The Morgan fingerprint density at radius 3 is 2.33 bits per heavy atom. The first kappa shape index (κ1) is 25.5. The van der Waals surface area contributed by atoms with Crippen LogP contribution in [0.25, 0.3) is 11.6 Å². The monoisotopic (exact) mass is 492 g/mol. The number of nitrogens with one attached hydrogen (secondary N) is 1. The number of hydrogen-bond acceptors (Lipinski definition) is 6. The van der Waals surface area contributed by atoms with Gasteiger partial charge in [-0.2, -0.15) is 0 Å². The van der Waals surface area contributed by atoms with E-state index in [0.717, 1.165) is 60.8 Å². The van der Waals surface area contributed by atoms with Crippen molar-refractivity contribution >= 4 is 46.4 Å². The summed E-state index contributed by atoms with van der Waals surface area (Å²) < 4.78 is 10.9. The Morgan fingerprint density at radius 1 is 1.06 bits per heavy atom. The van der Waals surface area contributed by atoms with Crippen LogP contribution in [0.5, 0.6) is 11.5 Å². The van der Waals surface area contributed by atoms with Gasteiger partial charge in [-0.25, -0.2) is 4.98 Å². The number of halogens is 2. The number of likely N-dealkylation sites (N-methyl/N-ethyl adjacent to an activating group) is 1. The minimum Gasteiger partial charge on any atom is -0.495 e. The molecule has 0 unspecified atom stereocenters. The van der Waals surface area contributed by atoms with Gasteiger partial charge >= 0.3 is 0 Å². The molecule has 1 N–H and O–H groups in total. The van der Waals surface area contributed by atoms with Crippen LogP contribution in [-0.2, 0) is 0 Å². The quantitative estimate of drug-likeness (QED) is 0.392. The first-order valence-electron chi connectivity index (χ1n) is 11.4. The molecule has 0 amide bonds. The van der Waals surface area contributed by atoms with Crippen molar-refractivity contribution in [1.29, 1.82) is 0 Å². The van der Waals surface area contributed by atoms with E-state index in [-0.39, 0.29) is 0 Å². The van der Waals surface area contributed by atoms with Crippen molar-refractivity contribution in [3.63, 3.8) is 0 Å². The summed E-state index contributed by atoms with van der Waals surface area (Å²) in [5, 5.41) is 4.41. The van der Waals surface area contributed by atoms with Gasteiger partial charge in [0.15, 0.2) is 0 Å². The van der Waals surface area contributed by atoms with Gasteiger partial charge in [0, 0.05) is 55.3 Å². The highest BCUT2D eigenvalue weighted by Gasteiger charge is 2.24. The van der Waals surface area contributed by atoms with Crippen LogP contribution in [0.15, 0.2) is 18.3 Å². The Morgan fingerprint density at radius 2 is 1.73 bits per heavy atom. The molecule has 180 valence electrons. The highest BCUT2D eigenvalue weighted by Crippen LogP contribution is 2.45. The van der Waals surface area contributed by atoms with Crippen LogP contribution in [0.2, 0.25) is 10.0 Å². The second-order valence-corrected chi connectivity index (χ2v) is 8.85. The fraction of sp³-hybridized carbons (Fsp3) is 0.480. The standard InChI is InChI=1S/C25H34Cl2N4O2/c1-6-31(7-2)11-9-8-10-28-22-13-19-17(15-29-22)12-18(16-30(19)3)23-24(26)20(32-4)14-21(33-5)25(23)27/h12-15H,6-11,16H2,1-5H3,(H,28,29). The lowest BCUT2D eigenvalue weighted by Gasteiger charge is -2.29. The normalized spacial score (nSPS) is 13.1. The fourth-order valence-electron chi connectivity index (χ4n) is 4.10. The predicted octanol–water partition coefficient (Wildman–Crippen LogP) is 5.93. The summed E-state index contributed by atoms with van der Waals surface area (Å²) in [7, 11) is 5.22. The van der Waals surface area contributed by atoms with Crippen molar-refractivity contribution in [1.82, 2.24) is 9.88 Å². The third-order valence-electron chi connectivity index (χ3n) is 6.06. The van der Waals surface area contributed by atoms with Gasteiger partial charge in [-0.3, -0.25) is 0 Å². The summed E-state index contributed by atoms with van der Waals surface area (Å²) in [6.07, 6.45) is 6.27. The summed E-state index contributed by atoms with van der Waals surface area (Å²) in [5.74, 6) is 1.95. The number of methoxy groups -OCH3 is 2. The molecule has 1 aromatic heterocycles. The van der Waals surface area contributed by atoms with Crippen LogP contribution in [0.1, 0.15) is 37.8 Å². The highest BCUT2D eigenvalue weighted by atomic mass is 35.5. The van der Waals surface area contributed by atoms with Crippen LogP contribution in [0.4, 0.5) is 11.5 Å². The highest BCUT2D eigenvalue weighted by molar-refractivity contribution is 6.39. The molecule has 2 aromatic rings. The van der Waals surface area contributed by atoms with Gasteiger partial charge in [0.05, 0.1) is 24.3 Å². The minimum atomic E-state index is 0.474. The Labute approximate surface area is 207 Å². The molecule has 0 bridgehead atoms. The van der Waals surface area contributed by atoms with Crippen LogP contribution >= 0.6 is 23.2 Å². The number of unbranched alkanes of at least 4 members (excludes halogenated alkanes) is 1. The second kappa shape index (κ2) is 11.8. The molecule has 0 spiro atoms. The lowest BCUT2D eigenvalue weighted by molar-refractivity contribution is 0.298. The van der Waals surface area contributed by atoms with Crippen molar-refractivity contribution in [3.8, 4) is 11.5 Å². The Kier molecular flexibility index (Phi) is 9.12. The average molecular weight is 493 g/mol. The predicted molar refractivity (Wildman–Crippen MR) is 140 cm³/mol. The second-order valence-electron chi connectivity index (χ2n) is 8.10. The molecule has 6 nitrogen and oxygen atoms in total. The average Bonchev–Trinajstić information content (AvgIpc) is 2.82. The molecule has 3 rings (SSSR count). The van der Waals surface area contributed by atoms with E-state index in [0.29, 0.717) is 28.1 Å². The van der Waals surface area contributed by atoms with Crippen molar-refractivity contribution in [2.45, 2.75) is 26.7 Å². The van der Waals surface area contributed by atoms with Gasteiger partial charge in [-0.1, -0.05) is 37.0 Å². The molecule has 1 aliphatic heterocycles.